The van der Waals surface area contributed by atoms with E-state index in [2.05, 4.69) is 4.98 Å². The highest BCUT2D eigenvalue weighted by molar-refractivity contribution is 5.82. The zero-order valence-corrected chi connectivity index (χ0v) is 15.1. The molecule has 0 unspecified atom stereocenters. The molecule has 0 atom stereocenters. The van der Waals surface area contributed by atoms with Crippen LogP contribution in [0.15, 0.2) is 74.5 Å². The lowest BCUT2D eigenvalue weighted by Gasteiger charge is -2.10. The standard InChI is InChI=1S/C22H19NO4/c1-14(2)19-11-21(24)27-20-10-17(8-9-18(19)20)25-12-16-13-26-22(23-16)15-6-4-3-5-7-15/h3-11,13-14H,12H2,1-2H3. The Balaban J connectivity index is 1.54. The second-order valence-corrected chi connectivity index (χ2v) is 6.63. The summed E-state index contributed by atoms with van der Waals surface area (Å²) in [7, 11) is 0. The summed E-state index contributed by atoms with van der Waals surface area (Å²) >= 11 is 0. The minimum Gasteiger partial charge on any atom is -0.487 e. The maximum absolute atomic E-state index is 11.8. The van der Waals surface area contributed by atoms with Crippen LogP contribution in [0.25, 0.3) is 22.4 Å². The highest BCUT2D eigenvalue weighted by Gasteiger charge is 2.11. The van der Waals surface area contributed by atoms with Crippen LogP contribution in [-0.4, -0.2) is 4.98 Å². The monoisotopic (exact) mass is 361 g/mol. The van der Waals surface area contributed by atoms with Crippen molar-refractivity contribution in [3.05, 3.63) is 82.5 Å². The van der Waals surface area contributed by atoms with Gasteiger partial charge in [-0.3, -0.25) is 0 Å². The predicted octanol–water partition coefficient (Wildman–Crippen LogP) is 5.15. The number of fused-ring (bicyclic) bond motifs is 1. The van der Waals surface area contributed by atoms with E-state index in [1.54, 1.807) is 18.4 Å². The molecule has 0 saturated heterocycles. The van der Waals surface area contributed by atoms with Gasteiger partial charge in [0.15, 0.2) is 0 Å². The summed E-state index contributed by atoms with van der Waals surface area (Å²) in [5.74, 6) is 1.39. The second-order valence-electron chi connectivity index (χ2n) is 6.63. The first kappa shape index (κ1) is 17.1. The van der Waals surface area contributed by atoms with Gasteiger partial charge in [0, 0.05) is 23.1 Å². The Kier molecular flexibility index (Phi) is 4.50. The molecule has 5 heteroatoms. The maximum Gasteiger partial charge on any atom is 0.336 e. The van der Waals surface area contributed by atoms with Crippen molar-refractivity contribution >= 4 is 11.0 Å². The van der Waals surface area contributed by atoms with Crippen molar-refractivity contribution in [2.24, 2.45) is 0 Å². The van der Waals surface area contributed by atoms with Crippen LogP contribution < -0.4 is 10.4 Å². The Hall–Kier alpha value is -3.34. The fraction of sp³-hybridized carbons (Fsp3) is 0.182. The Morgan fingerprint density at radius 1 is 1.07 bits per heavy atom. The van der Waals surface area contributed by atoms with Crippen LogP contribution in [0.4, 0.5) is 0 Å². The lowest BCUT2D eigenvalue weighted by atomic mass is 10.00. The van der Waals surface area contributed by atoms with Crippen molar-refractivity contribution in [3.8, 4) is 17.2 Å². The van der Waals surface area contributed by atoms with Crippen molar-refractivity contribution in [3.63, 3.8) is 0 Å². The summed E-state index contributed by atoms with van der Waals surface area (Å²) in [6.07, 6.45) is 1.58. The van der Waals surface area contributed by atoms with Gasteiger partial charge in [-0.05, 0) is 35.7 Å². The zero-order chi connectivity index (χ0) is 18.8. The van der Waals surface area contributed by atoms with Crippen LogP contribution in [0.3, 0.4) is 0 Å². The third-order valence-corrected chi connectivity index (χ3v) is 4.33. The molecule has 2 aromatic carbocycles. The van der Waals surface area contributed by atoms with Gasteiger partial charge in [-0.2, -0.15) is 0 Å². The molecule has 0 saturated carbocycles. The predicted molar refractivity (Wildman–Crippen MR) is 103 cm³/mol. The van der Waals surface area contributed by atoms with Gasteiger partial charge in [0.1, 0.15) is 29.9 Å². The van der Waals surface area contributed by atoms with Crippen molar-refractivity contribution in [2.75, 3.05) is 0 Å². The molecule has 0 spiro atoms. The first-order valence-corrected chi connectivity index (χ1v) is 8.80. The molecule has 136 valence electrons. The molecule has 0 aliphatic carbocycles. The molecule has 2 heterocycles. The van der Waals surface area contributed by atoms with Gasteiger partial charge >= 0.3 is 5.63 Å². The van der Waals surface area contributed by atoms with Gasteiger partial charge in [0.05, 0.1) is 0 Å². The van der Waals surface area contributed by atoms with Crippen molar-refractivity contribution in [2.45, 2.75) is 26.4 Å². The Labute approximate surface area is 156 Å². The number of aromatic nitrogens is 1. The second kappa shape index (κ2) is 7.11. The average Bonchev–Trinajstić information content (AvgIpc) is 3.15. The number of rotatable bonds is 5. The third-order valence-electron chi connectivity index (χ3n) is 4.33. The van der Waals surface area contributed by atoms with Gasteiger partial charge in [-0.15, -0.1) is 0 Å². The normalized spacial score (nSPS) is 11.2. The molecule has 5 nitrogen and oxygen atoms in total. The van der Waals surface area contributed by atoms with Crippen LogP contribution >= 0.6 is 0 Å². The fourth-order valence-electron chi connectivity index (χ4n) is 2.98. The Morgan fingerprint density at radius 2 is 1.89 bits per heavy atom. The van der Waals surface area contributed by atoms with E-state index in [1.807, 2.05) is 56.3 Å². The van der Waals surface area contributed by atoms with Crippen LogP contribution in [0.5, 0.6) is 5.75 Å². The number of hydrogen-bond donors (Lipinski definition) is 0. The quantitative estimate of drug-likeness (QED) is 0.460. The van der Waals surface area contributed by atoms with Crippen LogP contribution in [-0.2, 0) is 6.61 Å². The topological polar surface area (TPSA) is 65.5 Å². The van der Waals surface area contributed by atoms with Crippen LogP contribution in [0.1, 0.15) is 31.0 Å². The van der Waals surface area contributed by atoms with E-state index >= 15 is 0 Å². The van der Waals surface area contributed by atoms with Crippen LogP contribution in [0.2, 0.25) is 0 Å². The number of hydrogen-bond acceptors (Lipinski definition) is 5. The highest BCUT2D eigenvalue weighted by atomic mass is 16.5. The third kappa shape index (κ3) is 3.62. The summed E-state index contributed by atoms with van der Waals surface area (Å²) in [6, 6.07) is 16.8. The smallest absolute Gasteiger partial charge is 0.336 e. The van der Waals surface area contributed by atoms with Crippen molar-refractivity contribution in [1.29, 1.82) is 0 Å². The highest BCUT2D eigenvalue weighted by Crippen LogP contribution is 2.27. The largest absolute Gasteiger partial charge is 0.487 e. The fourth-order valence-corrected chi connectivity index (χ4v) is 2.98. The molecular weight excluding hydrogens is 342 g/mol. The Morgan fingerprint density at radius 3 is 2.67 bits per heavy atom. The molecular formula is C22H19NO4. The summed E-state index contributed by atoms with van der Waals surface area (Å²) < 4.78 is 16.7. The molecule has 4 aromatic rings. The number of nitrogens with zero attached hydrogens (tertiary/aromatic N) is 1. The molecule has 27 heavy (non-hydrogen) atoms. The molecule has 2 aromatic heterocycles. The van der Waals surface area contributed by atoms with Gasteiger partial charge in [-0.25, -0.2) is 9.78 Å². The van der Waals surface area contributed by atoms with E-state index in [1.165, 1.54) is 0 Å². The molecule has 0 fully saturated rings. The van der Waals surface area contributed by atoms with Crippen molar-refractivity contribution in [1.82, 2.24) is 4.98 Å². The van der Waals surface area contributed by atoms with Gasteiger partial charge in [0.2, 0.25) is 5.89 Å². The van der Waals surface area contributed by atoms with E-state index in [4.69, 9.17) is 13.6 Å². The van der Waals surface area contributed by atoms with E-state index in [-0.39, 0.29) is 18.2 Å². The van der Waals surface area contributed by atoms with E-state index < -0.39 is 0 Å². The SMILES string of the molecule is CC(C)c1cc(=O)oc2cc(OCc3coc(-c4ccccc4)n3)ccc12. The van der Waals surface area contributed by atoms with Gasteiger partial charge in [-0.1, -0.05) is 32.0 Å². The minimum absolute atomic E-state index is 0.231. The van der Waals surface area contributed by atoms with E-state index in [0.717, 1.165) is 16.5 Å². The summed E-state index contributed by atoms with van der Waals surface area (Å²) in [4.78, 5) is 16.3. The molecule has 0 N–H and O–H groups in total. The molecule has 0 bridgehead atoms. The minimum atomic E-state index is -0.354. The molecule has 4 rings (SSSR count). The molecule has 0 amide bonds. The first-order valence-electron chi connectivity index (χ1n) is 8.80. The number of benzene rings is 2. The van der Waals surface area contributed by atoms with Gasteiger partial charge in [0.25, 0.3) is 0 Å². The average molecular weight is 361 g/mol. The lowest BCUT2D eigenvalue weighted by molar-refractivity contribution is 0.301. The summed E-state index contributed by atoms with van der Waals surface area (Å²) in [5, 5.41) is 0.921. The first-order chi connectivity index (χ1) is 13.1. The maximum atomic E-state index is 11.8. The lowest BCUT2D eigenvalue weighted by Crippen LogP contribution is -2.02. The van der Waals surface area contributed by atoms with Crippen LogP contribution in [0, 0.1) is 0 Å². The van der Waals surface area contributed by atoms with E-state index in [9.17, 15) is 4.79 Å². The van der Waals surface area contributed by atoms with Gasteiger partial charge < -0.3 is 13.6 Å². The molecule has 0 aliphatic rings. The van der Waals surface area contributed by atoms with Crippen molar-refractivity contribution < 1.29 is 13.6 Å². The number of oxazole rings is 1. The molecule has 0 radical (unpaired) electrons. The zero-order valence-electron chi connectivity index (χ0n) is 15.1. The van der Waals surface area contributed by atoms with E-state index in [0.29, 0.717) is 22.9 Å². The number of ether oxygens (including phenoxy) is 1. The summed E-state index contributed by atoms with van der Waals surface area (Å²) in [6.45, 7) is 4.36. The Bertz CT molecular complexity index is 1130. The molecule has 0 aliphatic heterocycles. The summed E-state index contributed by atoms with van der Waals surface area (Å²) in [5.41, 5.74) is 2.74.